The van der Waals surface area contributed by atoms with Crippen molar-refractivity contribution in [1.82, 2.24) is 0 Å². The first-order chi connectivity index (χ1) is 8.74. The van der Waals surface area contributed by atoms with Crippen LogP contribution in [-0.2, 0) is 0 Å². The second-order valence-corrected chi connectivity index (χ2v) is 4.49. The molecule has 0 aliphatic heterocycles. The average Bonchev–Trinajstić information content (AvgIpc) is 2.38. The maximum Gasteiger partial charge on any atom is 0.162 e. The van der Waals surface area contributed by atoms with Crippen LogP contribution in [-0.4, -0.2) is 12.5 Å². The van der Waals surface area contributed by atoms with E-state index in [4.69, 9.17) is 0 Å². The van der Waals surface area contributed by atoms with Gasteiger partial charge in [-0.2, -0.15) is 0 Å². The summed E-state index contributed by atoms with van der Waals surface area (Å²) in [4.78, 5) is 11.7. The number of hydrogen-bond acceptors (Lipinski definition) is 1. The fourth-order valence-corrected chi connectivity index (χ4v) is 1.87. The van der Waals surface area contributed by atoms with Crippen molar-refractivity contribution in [2.75, 3.05) is 6.67 Å². The Morgan fingerprint density at radius 2 is 1.44 bits per heavy atom. The van der Waals surface area contributed by atoms with Crippen LogP contribution in [0, 0.1) is 5.82 Å². The molecule has 0 heterocycles. The molecule has 100 valence electrons. The average molecular weight is 254 g/mol. The van der Waals surface area contributed by atoms with Crippen molar-refractivity contribution in [2.45, 2.75) is 44.9 Å². The van der Waals surface area contributed by atoms with E-state index in [0.717, 1.165) is 32.1 Å². The quantitative estimate of drug-likeness (QED) is 0.461. The van der Waals surface area contributed by atoms with Crippen LogP contribution in [0.5, 0.6) is 0 Å². The van der Waals surface area contributed by atoms with E-state index >= 15 is 0 Å². The number of carbonyl (C=O) groups is 1. The zero-order valence-corrected chi connectivity index (χ0v) is 10.6. The van der Waals surface area contributed by atoms with Gasteiger partial charge in [-0.3, -0.25) is 9.18 Å². The van der Waals surface area contributed by atoms with E-state index in [9.17, 15) is 13.6 Å². The zero-order chi connectivity index (χ0) is 13.2. The van der Waals surface area contributed by atoms with Crippen LogP contribution in [0.1, 0.15) is 55.3 Å². The van der Waals surface area contributed by atoms with E-state index in [0.29, 0.717) is 18.4 Å². The Bertz CT molecular complexity index is 346. The van der Waals surface area contributed by atoms with Gasteiger partial charge < -0.3 is 0 Å². The molecule has 0 radical (unpaired) electrons. The second kappa shape index (κ2) is 8.78. The summed E-state index contributed by atoms with van der Waals surface area (Å²) < 4.78 is 24.5. The van der Waals surface area contributed by atoms with Gasteiger partial charge in [-0.05, 0) is 37.1 Å². The SMILES string of the molecule is O=C(CCCCCCCCF)c1ccc(F)cc1. The molecule has 0 atom stereocenters. The van der Waals surface area contributed by atoms with Gasteiger partial charge in [0, 0.05) is 12.0 Å². The van der Waals surface area contributed by atoms with E-state index in [1.54, 1.807) is 0 Å². The number of rotatable bonds is 9. The molecule has 0 aromatic heterocycles. The summed E-state index contributed by atoms with van der Waals surface area (Å²) >= 11 is 0. The minimum absolute atomic E-state index is 0.0683. The smallest absolute Gasteiger partial charge is 0.162 e. The molecule has 0 aliphatic rings. The first-order valence-electron chi connectivity index (χ1n) is 6.59. The molecular weight excluding hydrogens is 234 g/mol. The Balaban J connectivity index is 2.12. The zero-order valence-electron chi connectivity index (χ0n) is 10.6. The predicted molar refractivity (Wildman–Crippen MR) is 69.0 cm³/mol. The summed E-state index contributed by atoms with van der Waals surface area (Å²) in [7, 11) is 0. The van der Waals surface area contributed by atoms with Gasteiger partial charge in [0.2, 0.25) is 0 Å². The highest BCUT2D eigenvalue weighted by Gasteiger charge is 2.05. The minimum atomic E-state index is -0.320. The number of hydrogen-bond donors (Lipinski definition) is 0. The van der Waals surface area contributed by atoms with Crippen molar-refractivity contribution in [3.63, 3.8) is 0 Å². The van der Waals surface area contributed by atoms with E-state index < -0.39 is 0 Å². The summed E-state index contributed by atoms with van der Waals surface area (Å²) in [5.74, 6) is -0.252. The van der Waals surface area contributed by atoms with Gasteiger partial charge in [0.15, 0.2) is 5.78 Å². The molecule has 0 aliphatic carbocycles. The Hall–Kier alpha value is -1.25. The topological polar surface area (TPSA) is 17.1 Å². The van der Waals surface area contributed by atoms with Crippen molar-refractivity contribution in [1.29, 1.82) is 0 Å². The lowest BCUT2D eigenvalue weighted by Gasteiger charge is -2.02. The highest BCUT2D eigenvalue weighted by atomic mass is 19.1. The van der Waals surface area contributed by atoms with Crippen LogP contribution in [0.2, 0.25) is 0 Å². The first-order valence-corrected chi connectivity index (χ1v) is 6.59. The molecule has 1 nitrogen and oxygen atoms in total. The maximum absolute atomic E-state index is 12.7. The van der Waals surface area contributed by atoms with Crippen LogP contribution in [0.15, 0.2) is 24.3 Å². The molecule has 1 aromatic carbocycles. The van der Waals surface area contributed by atoms with Gasteiger partial charge in [-0.1, -0.05) is 25.7 Å². The van der Waals surface area contributed by atoms with Crippen LogP contribution >= 0.6 is 0 Å². The molecule has 0 fully saturated rings. The maximum atomic E-state index is 12.7. The van der Waals surface area contributed by atoms with E-state index in [2.05, 4.69) is 0 Å². The number of halogens is 2. The highest BCUT2D eigenvalue weighted by molar-refractivity contribution is 5.95. The number of benzene rings is 1. The summed E-state index contributed by atoms with van der Waals surface area (Å²) in [6.07, 6.45) is 6.03. The lowest BCUT2D eigenvalue weighted by Crippen LogP contribution is -1.98. The van der Waals surface area contributed by atoms with E-state index in [1.807, 2.05) is 0 Å². The Labute approximate surface area is 107 Å². The van der Waals surface area contributed by atoms with E-state index in [1.165, 1.54) is 24.3 Å². The van der Waals surface area contributed by atoms with Crippen LogP contribution in [0.25, 0.3) is 0 Å². The molecule has 0 bridgehead atoms. The van der Waals surface area contributed by atoms with Crippen LogP contribution in [0.3, 0.4) is 0 Å². The van der Waals surface area contributed by atoms with Crippen molar-refractivity contribution in [3.8, 4) is 0 Å². The minimum Gasteiger partial charge on any atom is -0.294 e. The number of carbonyl (C=O) groups excluding carboxylic acids is 1. The summed E-state index contributed by atoms with van der Waals surface area (Å²) in [5.41, 5.74) is 0.578. The Morgan fingerprint density at radius 3 is 2.06 bits per heavy atom. The molecule has 1 aromatic rings. The molecule has 0 unspecified atom stereocenters. The van der Waals surface area contributed by atoms with Crippen molar-refractivity contribution in [2.24, 2.45) is 0 Å². The van der Waals surface area contributed by atoms with Crippen molar-refractivity contribution in [3.05, 3.63) is 35.6 Å². The Kier molecular flexibility index (Phi) is 7.23. The summed E-state index contributed by atoms with van der Waals surface area (Å²) in [6, 6.07) is 5.67. The normalized spacial score (nSPS) is 10.6. The Morgan fingerprint density at radius 1 is 0.889 bits per heavy atom. The van der Waals surface area contributed by atoms with Gasteiger partial charge >= 0.3 is 0 Å². The molecule has 3 heteroatoms. The molecule has 18 heavy (non-hydrogen) atoms. The number of Topliss-reactive ketones (excluding diaryl/α,β-unsaturated/α-hetero) is 1. The van der Waals surface area contributed by atoms with Crippen LogP contribution < -0.4 is 0 Å². The third-order valence-corrected chi connectivity index (χ3v) is 2.95. The van der Waals surface area contributed by atoms with Gasteiger partial charge in [0.25, 0.3) is 0 Å². The summed E-state index contributed by atoms with van der Waals surface area (Å²) in [6.45, 7) is -0.233. The predicted octanol–water partition coefficient (Wildman–Crippen LogP) is 4.71. The molecule has 0 spiro atoms. The van der Waals surface area contributed by atoms with Crippen LogP contribution in [0.4, 0.5) is 8.78 Å². The molecule has 1 rings (SSSR count). The third kappa shape index (κ3) is 5.89. The van der Waals surface area contributed by atoms with E-state index in [-0.39, 0.29) is 18.3 Å². The molecule has 0 N–H and O–H groups in total. The van der Waals surface area contributed by atoms with Gasteiger partial charge in [0.1, 0.15) is 5.82 Å². The fourth-order valence-electron chi connectivity index (χ4n) is 1.87. The monoisotopic (exact) mass is 254 g/mol. The third-order valence-electron chi connectivity index (χ3n) is 2.95. The largest absolute Gasteiger partial charge is 0.294 e. The molecule has 0 saturated carbocycles. The molecular formula is C15H20F2O. The number of ketones is 1. The number of alkyl halides is 1. The van der Waals surface area contributed by atoms with Crippen molar-refractivity contribution < 1.29 is 13.6 Å². The lowest BCUT2D eigenvalue weighted by molar-refractivity contribution is 0.0979. The standard InChI is InChI=1S/C15H20F2O/c16-12-6-4-2-1-3-5-7-15(18)13-8-10-14(17)11-9-13/h8-11H,1-7,12H2. The second-order valence-electron chi connectivity index (χ2n) is 4.49. The van der Waals surface area contributed by atoms with Crippen molar-refractivity contribution >= 4 is 5.78 Å². The van der Waals surface area contributed by atoms with Gasteiger partial charge in [0.05, 0.1) is 6.67 Å². The number of unbranched alkanes of at least 4 members (excludes halogenated alkanes) is 5. The lowest BCUT2D eigenvalue weighted by atomic mass is 10.0. The molecule has 0 saturated heterocycles. The molecule has 0 amide bonds. The highest BCUT2D eigenvalue weighted by Crippen LogP contribution is 2.11. The first kappa shape index (κ1) is 14.8. The van der Waals surface area contributed by atoms with Gasteiger partial charge in [-0.25, -0.2) is 4.39 Å². The summed E-state index contributed by atoms with van der Waals surface area (Å²) in [5, 5.41) is 0. The van der Waals surface area contributed by atoms with Gasteiger partial charge in [-0.15, -0.1) is 0 Å². The fraction of sp³-hybridized carbons (Fsp3) is 0.533.